The quantitative estimate of drug-likeness (QED) is 0.187. The molecule has 2 N–H and O–H groups in total. The van der Waals surface area contributed by atoms with Crippen LogP contribution in [0.5, 0.6) is 0 Å². The Morgan fingerprint density at radius 2 is 1.93 bits per heavy atom. The minimum absolute atomic E-state index is 0.0692. The number of carbonyl (C=O) groups is 3. The van der Waals surface area contributed by atoms with Gasteiger partial charge in [-0.2, -0.15) is 0 Å². The third kappa shape index (κ3) is 8.61. The molecule has 9 nitrogen and oxygen atoms in total. The first-order valence-corrected chi connectivity index (χ1v) is 8.35. The molecular formula is C18H22N2O7. The lowest BCUT2D eigenvalue weighted by atomic mass is 9.98. The van der Waals surface area contributed by atoms with Crippen LogP contribution in [0.1, 0.15) is 31.2 Å². The minimum atomic E-state index is -1.09. The lowest BCUT2D eigenvalue weighted by Crippen LogP contribution is -2.23. The first-order valence-electron chi connectivity index (χ1n) is 8.35. The lowest BCUT2D eigenvalue weighted by molar-refractivity contribution is -0.384. The number of carboxylic acid groups (broad SMARTS) is 1. The number of aliphatic carboxylic acids is 1. The lowest BCUT2D eigenvalue weighted by Gasteiger charge is -2.12. The van der Waals surface area contributed by atoms with E-state index < -0.39 is 22.8 Å². The molecule has 0 aromatic heterocycles. The highest BCUT2D eigenvalue weighted by Crippen LogP contribution is 2.16. The number of non-ortho nitro benzene ring substituents is 1. The van der Waals surface area contributed by atoms with Crippen LogP contribution in [0.4, 0.5) is 5.69 Å². The summed E-state index contributed by atoms with van der Waals surface area (Å²) in [6, 6.07) is 5.54. The van der Waals surface area contributed by atoms with Gasteiger partial charge in [0.25, 0.3) is 5.69 Å². The number of carbonyl (C=O) groups excluding carboxylic acids is 2. The van der Waals surface area contributed by atoms with Crippen molar-refractivity contribution in [1.29, 1.82) is 0 Å². The SMILES string of the molecule is C=CC(=O)NCCCC[C@H](CC(=O)OCc1ccc([N+](=O)[O-])cc1)C(=O)O. The number of nitrogens with zero attached hydrogens (tertiary/aromatic N) is 1. The highest BCUT2D eigenvalue weighted by atomic mass is 16.6. The second-order valence-electron chi connectivity index (χ2n) is 5.81. The van der Waals surface area contributed by atoms with E-state index in [2.05, 4.69) is 11.9 Å². The molecule has 0 spiro atoms. The molecule has 1 atom stereocenters. The molecular weight excluding hydrogens is 356 g/mol. The van der Waals surface area contributed by atoms with Gasteiger partial charge < -0.3 is 15.2 Å². The van der Waals surface area contributed by atoms with Crippen LogP contribution in [0.3, 0.4) is 0 Å². The van der Waals surface area contributed by atoms with Crippen molar-refractivity contribution in [1.82, 2.24) is 5.32 Å². The number of carboxylic acids is 1. The highest BCUT2D eigenvalue weighted by molar-refractivity contribution is 5.86. The summed E-state index contributed by atoms with van der Waals surface area (Å²) in [5.41, 5.74) is 0.499. The van der Waals surface area contributed by atoms with Crippen LogP contribution < -0.4 is 5.32 Å². The number of esters is 1. The van der Waals surface area contributed by atoms with Crippen LogP contribution in [0, 0.1) is 16.0 Å². The summed E-state index contributed by atoms with van der Waals surface area (Å²) >= 11 is 0. The molecule has 0 aliphatic rings. The van der Waals surface area contributed by atoms with Crippen LogP contribution >= 0.6 is 0 Å². The van der Waals surface area contributed by atoms with Gasteiger partial charge >= 0.3 is 11.9 Å². The number of amides is 1. The summed E-state index contributed by atoms with van der Waals surface area (Å²) in [7, 11) is 0. The molecule has 27 heavy (non-hydrogen) atoms. The van der Waals surface area contributed by atoms with Crippen LogP contribution in [-0.4, -0.2) is 34.4 Å². The molecule has 146 valence electrons. The van der Waals surface area contributed by atoms with Crippen molar-refractivity contribution in [2.75, 3.05) is 6.54 Å². The van der Waals surface area contributed by atoms with Gasteiger partial charge in [-0.3, -0.25) is 24.5 Å². The monoisotopic (exact) mass is 378 g/mol. The highest BCUT2D eigenvalue weighted by Gasteiger charge is 2.21. The molecule has 0 unspecified atom stereocenters. The van der Waals surface area contributed by atoms with Gasteiger partial charge in [0.15, 0.2) is 0 Å². The number of rotatable bonds is 12. The van der Waals surface area contributed by atoms with Crippen LogP contribution in [0.25, 0.3) is 0 Å². The molecule has 0 radical (unpaired) electrons. The molecule has 0 saturated heterocycles. The summed E-state index contributed by atoms with van der Waals surface area (Å²) in [6.07, 6.45) is 2.29. The molecule has 0 aliphatic carbocycles. The molecule has 0 fully saturated rings. The van der Waals surface area contributed by atoms with Crippen LogP contribution in [0.15, 0.2) is 36.9 Å². The Labute approximate surface area is 156 Å². The molecule has 0 saturated carbocycles. The Morgan fingerprint density at radius 3 is 2.48 bits per heavy atom. The van der Waals surface area contributed by atoms with Crippen molar-refractivity contribution in [3.63, 3.8) is 0 Å². The third-order valence-electron chi connectivity index (χ3n) is 3.77. The van der Waals surface area contributed by atoms with Gasteiger partial charge in [0.2, 0.25) is 5.91 Å². The zero-order valence-electron chi connectivity index (χ0n) is 14.8. The maximum Gasteiger partial charge on any atom is 0.307 e. The zero-order chi connectivity index (χ0) is 20.2. The van der Waals surface area contributed by atoms with Gasteiger partial charge in [-0.25, -0.2) is 0 Å². The maximum atomic E-state index is 11.9. The van der Waals surface area contributed by atoms with Crippen molar-refractivity contribution >= 4 is 23.5 Å². The maximum absolute atomic E-state index is 11.9. The van der Waals surface area contributed by atoms with Crippen molar-refractivity contribution in [2.45, 2.75) is 32.3 Å². The Bertz CT molecular complexity index is 685. The molecule has 0 bridgehead atoms. The summed E-state index contributed by atoms with van der Waals surface area (Å²) in [5.74, 6) is -2.90. The molecule has 0 heterocycles. The van der Waals surface area contributed by atoms with Gasteiger partial charge in [0.1, 0.15) is 6.61 Å². The number of ether oxygens (including phenoxy) is 1. The van der Waals surface area contributed by atoms with Crippen molar-refractivity contribution in [3.05, 3.63) is 52.6 Å². The van der Waals surface area contributed by atoms with E-state index >= 15 is 0 Å². The number of nitrogens with one attached hydrogen (secondary N) is 1. The van der Waals surface area contributed by atoms with Gasteiger partial charge in [-0.1, -0.05) is 13.0 Å². The summed E-state index contributed by atoms with van der Waals surface area (Å²) < 4.78 is 5.04. The number of hydrogen-bond acceptors (Lipinski definition) is 6. The molecule has 1 amide bonds. The Hall–Kier alpha value is -3.23. The molecule has 1 aromatic rings. The van der Waals surface area contributed by atoms with E-state index in [-0.39, 0.29) is 31.0 Å². The van der Waals surface area contributed by atoms with Gasteiger partial charge in [0.05, 0.1) is 17.3 Å². The van der Waals surface area contributed by atoms with Gasteiger partial charge in [-0.15, -0.1) is 0 Å². The fraction of sp³-hybridized carbons (Fsp3) is 0.389. The second-order valence-corrected chi connectivity index (χ2v) is 5.81. The normalized spacial score (nSPS) is 11.3. The predicted molar refractivity (Wildman–Crippen MR) is 95.7 cm³/mol. The van der Waals surface area contributed by atoms with E-state index in [4.69, 9.17) is 4.74 Å². The molecule has 0 aliphatic heterocycles. The average Bonchev–Trinajstić information content (AvgIpc) is 2.65. The minimum Gasteiger partial charge on any atom is -0.481 e. The Balaban J connectivity index is 2.37. The molecule has 1 rings (SSSR count). The second kappa shape index (κ2) is 11.4. The molecule has 1 aromatic carbocycles. The van der Waals surface area contributed by atoms with E-state index in [1.54, 1.807) is 0 Å². The predicted octanol–water partition coefficient (Wildman–Crippen LogP) is 2.20. The van der Waals surface area contributed by atoms with E-state index in [9.17, 15) is 29.6 Å². The summed E-state index contributed by atoms with van der Waals surface area (Å²) in [4.78, 5) is 44.2. The zero-order valence-corrected chi connectivity index (χ0v) is 14.8. The summed E-state index contributed by atoms with van der Waals surface area (Å²) in [6.45, 7) is 3.64. The van der Waals surface area contributed by atoms with Crippen LogP contribution in [-0.2, 0) is 25.7 Å². The fourth-order valence-electron chi connectivity index (χ4n) is 2.25. The summed E-state index contributed by atoms with van der Waals surface area (Å²) in [5, 5.41) is 22.4. The average molecular weight is 378 g/mol. The Kier molecular flexibility index (Phi) is 9.21. The largest absolute Gasteiger partial charge is 0.481 e. The Morgan fingerprint density at radius 1 is 1.26 bits per heavy atom. The number of hydrogen-bond donors (Lipinski definition) is 2. The van der Waals surface area contributed by atoms with E-state index in [0.29, 0.717) is 24.9 Å². The van der Waals surface area contributed by atoms with Crippen molar-refractivity contribution < 1.29 is 29.2 Å². The standard InChI is InChI=1S/C18H22N2O7/c1-2-16(21)19-10-4-3-5-14(18(23)24)11-17(22)27-12-13-6-8-15(9-7-13)20(25)26/h2,6-9,14H,1,3-5,10-12H2,(H,19,21)(H,23,24)/t14-/m1/s1. The van der Waals surface area contributed by atoms with E-state index in [0.717, 1.165) is 6.08 Å². The van der Waals surface area contributed by atoms with Gasteiger partial charge in [-0.05, 0) is 36.6 Å². The third-order valence-corrected chi connectivity index (χ3v) is 3.77. The van der Waals surface area contributed by atoms with Crippen molar-refractivity contribution in [2.24, 2.45) is 5.92 Å². The molecule has 9 heteroatoms. The van der Waals surface area contributed by atoms with Crippen molar-refractivity contribution in [3.8, 4) is 0 Å². The fourth-order valence-corrected chi connectivity index (χ4v) is 2.25. The first kappa shape index (κ1) is 21.8. The van der Waals surface area contributed by atoms with Gasteiger partial charge in [0, 0.05) is 18.7 Å². The van der Waals surface area contributed by atoms with E-state index in [1.165, 1.54) is 24.3 Å². The number of nitro benzene ring substituents is 1. The smallest absolute Gasteiger partial charge is 0.307 e. The number of nitro groups is 1. The van der Waals surface area contributed by atoms with E-state index in [1.807, 2.05) is 0 Å². The first-order chi connectivity index (χ1) is 12.8. The number of benzene rings is 1. The topological polar surface area (TPSA) is 136 Å². The van der Waals surface area contributed by atoms with Crippen LogP contribution in [0.2, 0.25) is 0 Å². The number of unbranched alkanes of at least 4 members (excludes halogenated alkanes) is 1.